The molecular weight excluding hydrogens is 331 g/mol. The quantitative estimate of drug-likeness (QED) is 0.633. The van der Waals surface area contributed by atoms with Crippen LogP contribution < -0.4 is 10.6 Å². The monoisotopic (exact) mass is 352 g/mol. The zero-order valence-corrected chi connectivity index (χ0v) is 14.8. The molecule has 0 spiro atoms. The number of halogens is 1. The van der Waals surface area contributed by atoms with E-state index in [4.69, 9.17) is 4.42 Å². The average molecular weight is 352 g/mol. The summed E-state index contributed by atoms with van der Waals surface area (Å²) in [6.07, 6.45) is 0. The van der Waals surface area contributed by atoms with Crippen molar-refractivity contribution in [2.75, 3.05) is 10.6 Å². The van der Waals surface area contributed by atoms with E-state index >= 15 is 0 Å². The number of benzene rings is 2. The minimum atomic E-state index is -0.268. The minimum absolute atomic E-state index is 0.00498. The second kappa shape index (κ2) is 7.87. The fourth-order valence-corrected chi connectivity index (χ4v) is 2.39. The summed E-state index contributed by atoms with van der Waals surface area (Å²) in [7, 11) is 0. The van der Waals surface area contributed by atoms with Gasteiger partial charge in [0.1, 0.15) is 17.3 Å². The maximum absolute atomic E-state index is 13.0. The van der Waals surface area contributed by atoms with Crippen LogP contribution in [0.25, 0.3) is 11.3 Å². The van der Waals surface area contributed by atoms with Gasteiger partial charge in [-0.3, -0.25) is 4.79 Å². The van der Waals surface area contributed by atoms with Gasteiger partial charge in [0.15, 0.2) is 0 Å². The summed E-state index contributed by atoms with van der Waals surface area (Å²) in [5, 5.41) is 6.13. The molecule has 0 saturated heterocycles. The van der Waals surface area contributed by atoms with Crippen LogP contribution in [0.3, 0.4) is 0 Å². The minimum Gasteiger partial charge on any atom is -0.459 e. The van der Waals surface area contributed by atoms with Crippen molar-refractivity contribution in [3.8, 4) is 11.3 Å². The number of hydrogen-bond donors (Lipinski definition) is 2. The molecule has 2 aromatic carbocycles. The maximum atomic E-state index is 13.0. The third-order valence-electron chi connectivity index (χ3n) is 3.93. The molecule has 0 aliphatic carbocycles. The van der Waals surface area contributed by atoms with Gasteiger partial charge in [-0.25, -0.2) is 4.39 Å². The Kier molecular flexibility index (Phi) is 5.37. The van der Waals surface area contributed by atoms with Crippen molar-refractivity contribution in [3.63, 3.8) is 0 Å². The molecule has 0 radical (unpaired) electrons. The number of rotatable bonds is 6. The SMILES string of the molecule is CC(C)C(=O)Nc1ccc(NCc2ccc(-c3ccc(F)cc3)o2)cc1. The molecule has 0 unspecified atom stereocenters. The van der Waals surface area contributed by atoms with Gasteiger partial charge in [0.2, 0.25) is 5.91 Å². The Bertz CT molecular complexity index is 868. The van der Waals surface area contributed by atoms with Crippen molar-refractivity contribution in [1.29, 1.82) is 0 Å². The van der Waals surface area contributed by atoms with Gasteiger partial charge in [0.25, 0.3) is 0 Å². The predicted octanol–water partition coefficient (Wildman–Crippen LogP) is 5.29. The van der Waals surface area contributed by atoms with E-state index in [0.29, 0.717) is 12.3 Å². The normalized spacial score (nSPS) is 10.8. The third-order valence-corrected chi connectivity index (χ3v) is 3.93. The van der Waals surface area contributed by atoms with E-state index in [-0.39, 0.29) is 17.6 Å². The molecule has 3 rings (SSSR count). The van der Waals surface area contributed by atoms with Crippen LogP contribution >= 0.6 is 0 Å². The first-order valence-electron chi connectivity index (χ1n) is 8.51. The maximum Gasteiger partial charge on any atom is 0.226 e. The highest BCUT2D eigenvalue weighted by Gasteiger charge is 2.07. The molecule has 0 aliphatic heterocycles. The molecule has 134 valence electrons. The molecule has 0 aliphatic rings. The Hall–Kier alpha value is -3.08. The molecule has 0 fully saturated rings. The number of carbonyl (C=O) groups excluding carboxylic acids is 1. The first-order valence-corrected chi connectivity index (χ1v) is 8.51. The summed E-state index contributed by atoms with van der Waals surface area (Å²) in [5.74, 6) is 1.15. The number of hydrogen-bond acceptors (Lipinski definition) is 3. The molecule has 1 amide bonds. The van der Waals surface area contributed by atoms with Gasteiger partial charge >= 0.3 is 0 Å². The van der Waals surface area contributed by atoms with E-state index in [1.54, 1.807) is 12.1 Å². The Morgan fingerprint density at radius 2 is 1.62 bits per heavy atom. The van der Waals surface area contributed by atoms with Crippen molar-refractivity contribution in [3.05, 3.63) is 72.2 Å². The van der Waals surface area contributed by atoms with E-state index < -0.39 is 0 Å². The summed E-state index contributed by atoms with van der Waals surface area (Å²) < 4.78 is 18.8. The van der Waals surface area contributed by atoms with Crippen molar-refractivity contribution in [2.45, 2.75) is 20.4 Å². The van der Waals surface area contributed by atoms with Crippen LogP contribution in [0.4, 0.5) is 15.8 Å². The highest BCUT2D eigenvalue weighted by atomic mass is 19.1. The average Bonchev–Trinajstić information content (AvgIpc) is 3.10. The second-order valence-corrected chi connectivity index (χ2v) is 6.35. The standard InChI is InChI=1S/C21H21FN2O2/c1-14(2)21(25)24-18-9-7-17(8-10-18)23-13-19-11-12-20(26-19)15-3-5-16(22)6-4-15/h3-12,14,23H,13H2,1-2H3,(H,24,25). The fourth-order valence-electron chi connectivity index (χ4n) is 2.39. The van der Waals surface area contributed by atoms with E-state index in [2.05, 4.69) is 10.6 Å². The molecule has 26 heavy (non-hydrogen) atoms. The van der Waals surface area contributed by atoms with Crippen molar-refractivity contribution < 1.29 is 13.6 Å². The smallest absolute Gasteiger partial charge is 0.226 e. The molecule has 4 nitrogen and oxygen atoms in total. The Balaban J connectivity index is 1.57. The lowest BCUT2D eigenvalue weighted by atomic mass is 10.2. The summed E-state index contributed by atoms with van der Waals surface area (Å²) >= 11 is 0. The highest BCUT2D eigenvalue weighted by Crippen LogP contribution is 2.23. The van der Waals surface area contributed by atoms with Gasteiger partial charge in [-0.05, 0) is 60.7 Å². The third kappa shape index (κ3) is 4.51. The van der Waals surface area contributed by atoms with Crippen LogP contribution in [0, 0.1) is 11.7 Å². The van der Waals surface area contributed by atoms with Gasteiger partial charge in [-0.1, -0.05) is 13.8 Å². The van der Waals surface area contributed by atoms with Crippen molar-refractivity contribution >= 4 is 17.3 Å². The van der Waals surface area contributed by atoms with E-state index in [0.717, 1.165) is 22.7 Å². The number of furan rings is 1. The fraction of sp³-hybridized carbons (Fsp3) is 0.190. The Labute approximate surface area is 152 Å². The van der Waals surface area contributed by atoms with Crippen LogP contribution in [-0.2, 0) is 11.3 Å². The molecule has 3 aromatic rings. The number of nitrogens with one attached hydrogen (secondary N) is 2. The van der Waals surface area contributed by atoms with Gasteiger partial charge in [-0.2, -0.15) is 0 Å². The van der Waals surface area contributed by atoms with Gasteiger partial charge in [0, 0.05) is 22.9 Å². The topological polar surface area (TPSA) is 54.3 Å². The van der Waals surface area contributed by atoms with Crippen molar-refractivity contribution in [1.82, 2.24) is 0 Å². The summed E-state index contributed by atoms with van der Waals surface area (Å²) in [6.45, 7) is 4.24. The van der Waals surface area contributed by atoms with Gasteiger partial charge in [0.05, 0.1) is 6.54 Å². The van der Waals surface area contributed by atoms with Crippen LogP contribution in [0.2, 0.25) is 0 Å². The van der Waals surface area contributed by atoms with Gasteiger partial charge < -0.3 is 15.1 Å². The molecule has 0 saturated carbocycles. The highest BCUT2D eigenvalue weighted by molar-refractivity contribution is 5.92. The van der Waals surface area contributed by atoms with Crippen molar-refractivity contribution in [2.24, 2.45) is 5.92 Å². The number of anilines is 2. The molecule has 0 bridgehead atoms. The molecule has 5 heteroatoms. The van der Waals surface area contributed by atoms with Crippen LogP contribution in [0.1, 0.15) is 19.6 Å². The predicted molar refractivity (Wildman–Crippen MR) is 101 cm³/mol. The Morgan fingerprint density at radius 1 is 0.962 bits per heavy atom. The molecule has 0 atom stereocenters. The number of carbonyl (C=O) groups is 1. The molecule has 1 aromatic heterocycles. The van der Waals surface area contributed by atoms with Crippen LogP contribution in [-0.4, -0.2) is 5.91 Å². The lowest BCUT2D eigenvalue weighted by Crippen LogP contribution is -2.17. The van der Waals surface area contributed by atoms with E-state index in [9.17, 15) is 9.18 Å². The van der Waals surface area contributed by atoms with Crippen LogP contribution in [0.5, 0.6) is 0 Å². The zero-order valence-electron chi connectivity index (χ0n) is 14.8. The first-order chi connectivity index (χ1) is 12.5. The number of amides is 1. The van der Waals surface area contributed by atoms with E-state index in [1.165, 1.54) is 12.1 Å². The van der Waals surface area contributed by atoms with Crippen LogP contribution in [0.15, 0.2) is 65.1 Å². The molecule has 2 N–H and O–H groups in total. The zero-order chi connectivity index (χ0) is 18.5. The molecule has 1 heterocycles. The Morgan fingerprint density at radius 3 is 2.27 bits per heavy atom. The lowest BCUT2D eigenvalue weighted by Gasteiger charge is -2.09. The first kappa shape index (κ1) is 17.7. The lowest BCUT2D eigenvalue weighted by molar-refractivity contribution is -0.118. The largest absolute Gasteiger partial charge is 0.459 e. The second-order valence-electron chi connectivity index (χ2n) is 6.35. The molecular formula is C21H21FN2O2. The summed E-state index contributed by atoms with van der Waals surface area (Å²) in [4.78, 5) is 11.7. The van der Waals surface area contributed by atoms with Gasteiger partial charge in [-0.15, -0.1) is 0 Å². The summed E-state index contributed by atoms with van der Waals surface area (Å²) in [5.41, 5.74) is 2.53. The van der Waals surface area contributed by atoms with E-state index in [1.807, 2.05) is 50.2 Å². The summed E-state index contributed by atoms with van der Waals surface area (Å²) in [6, 6.07) is 17.5.